The van der Waals surface area contributed by atoms with Crippen LogP contribution in [-0.2, 0) is 9.53 Å². The number of esters is 1. The fourth-order valence-corrected chi connectivity index (χ4v) is 1.83. The lowest BCUT2D eigenvalue weighted by Gasteiger charge is -2.17. The number of hydrogen-bond donors (Lipinski definition) is 0. The van der Waals surface area contributed by atoms with E-state index in [2.05, 4.69) is 32.9 Å². The molecule has 0 heterocycles. The van der Waals surface area contributed by atoms with E-state index in [0.29, 0.717) is 5.41 Å². The molecule has 0 fully saturated rings. The van der Waals surface area contributed by atoms with E-state index in [0.717, 1.165) is 12.8 Å². The van der Waals surface area contributed by atoms with Gasteiger partial charge in [0.05, 0.1) is 0 Å². The first-order valence-electron chi connectivity index (χ1n) is 8.17. The Morgan fingerprint density at radius 3 is 1.86 bits per heavy atom. The second kappa shape index (κ2) is 9.81. The molecule has 0 N–H and O–H groups in total. The molecule has 0 aliphatic carbocycles. The van der Waals surface area contributed by atoms with Crippen molar-refractivity contribution in [2.24, 2.45) is 5.41 Å². The van der Waals surface area contributed by atoms with Gasteiger partial charge in [-0.15, -0.1) is 0 Å². The summed E-state index contributed by atoms with van der Waals surface area (Å²) in [6, 6.07) is 0. The Labute approximate surface area is 131 Å². The van der Waals surface area contributed by atoms with Crippen LogP contribution in [0, 0.1) is 5.41 Å². The van der Waals surface area contributed by atoms with Crippen LogP contribution in [0.4, 0.5) is 0 Å². The normalized spacial score (nSPS) is 13.2. The van der Waals surface area contributed by atoms with Crippen molar-refractivity contribution in [2.45, 2.75) is 85.7 Å². The van der Waals surface area contributed by atoms with Gasteiger partial charge in [0.2, 0.25) is 0 Å². The van der Waals surface area contributed by atoms with E-state index in [1.54, 1.807) is 6.08 Å². The molecule has 0 unspecified atom stereocenters. The molecule has 0 bridgehead atoms. The first-order valence-corrected chi connectivity index (χ1v) is 8.17. The highest BCUT2D eigenvalue weighted by molar-refractivity contribution is 5.82. The minimum atomic E-state index is -0.401. The van der Waals surface area contributed by atoms with Crippen LogP contribution in [0.3, 0.4) is 0 Å². The molecule has 0 aliphatic rings. The van der Waals surface area contributed by atoms with Crippen molar-refractivity contribution in [1.29, 1.82) is 0 Å². The maximum Gasteiger partial charge on any atom is 0.330 e. The topological polar surface area (TPSA) is 26.3 Å². The molecule has 0 atom stereocenters. The van der Waals surface area contributed by atoms with Crippen LogP contribution >= 0.6 is 0 Å². The van der Waals surface area contributed by atoms with E-state index in [4.69, 9.17) is 4.74 Å². The molecule has 0 aromatic heterocycles. The second-order valence-corrected chi connectivity index (χ2v) is 7.70. The van der Waals surface area contributed by atoms with Crippen molar-refractivity contribution >= 4 is 5.97 Å². The third kappa shape index (κ3) is 16.9. The molecular formula is C19H34O2. The molecule has 0 saturated carbocycles. The molecule has 0 rings (SSSR count). The highest BCUT2D eigenvalue weighted by Crippen LogP contribution is 2.16. The summed E-state index contributed by atoms with van der Waals surface area (Å²) in [6.07, 6.45) is 15.1. The highest BCUT2D eigenvalue weighted by Gasteiger charge is 2.13. The largest absolute Gasteiger partial charge is 0.457 e. The number of ether oxygens (including phenoxy) is 1. The first-order chi connectivity index (χ1) is 9.60. The molecule has 0 saturated heterocycles. The van der Waals surface area contributed by atoms with Crippen molar-refractivity contribution in [3.8, 4) is 0 Å². The van der Waals surface area contributed by atoms with E-state index in [1.807, 2.05) is 26.8 Å². The fraction of sp³-hybridized carbons (Fsp3) is 0.737. The predicted octanol–water partition coefficient (Wildman–Crippen LogP) is 5.83. The van der Waals surface area contributed by atoms with Gasteiger partial charge in [-0.05, 0) is 51.9 Å². The standard InChI is InChI=1S/C19H34O2/c1-18(2,3)16-14-12-10-8-7-9-11-13-15-17(20)21-19(4,5)6/h13-16H,7-12H2,1-6H3/b15-13+,16-14+. The van der Waals surface area contributed by atoms with Crippen molar-refractivity contribution in [3.05, 3.63) is 24.3 Å². The molecule has 2 heteroatoms. The van der Waals surface area contributed by atoms with E-state index in [-0.39, 0.29) is 5.97 Å². The van der Waals surface area contributed by atoms with Gasteiger partial charge in [-0.2, -0.15) is 0 Å². The molecule has 0 amide bonds. The van der Waals surface area contributed by atoms with Gasteiger partial charge in [-0.25, -0.2) is 4.79 Å². The third-order valence-electron chi connectivity index (χ3n) is 2.77. The summed E-state index contributed by atoms with van der Waals surface area (Å²) in [7, 11) is 0. The quantitative estimate of drug-likeness (QED) is 0.244. The molecule has 0 aromatic carbocycles. The number of allylic oxidation sites excluding steroid dienone is 3. The summed E-state index contributed by atoms with van der Waals surface area (Å²) >= 11 is 0. The Kier molecular flexibility index (Phi) is 9.32. The lowest BCUT2D eigenvalue weighted by molar-refractivity contribution is -0.148. The maximum absolute atomic E-state index is 11.4. The fourth-order valence-electron chi connectivity index (χ4n) is 1.83. The zero-order valence-corrected chi connectivity index (χ0v) is 14.9. The Morgan fingerprint density at radius 1 is 0.857 bits per heavy atom. The smallest absolute Gasteiger partial charge is 0.330 e. The van der Waals surface area contributed by atoms with Crippen molar-refractivity contribution < 1.29 is 9.53 Å². The number of carbonyl (C=O) groups is 1. The van der Waals surface area contributed by atoms with Crippen LogP contribution in [0.2, 0.25) is 0 Å². The summed E-state index contributed by atoms with van der Waals surface area (Å²) in [6.45, 7) is 12.3. The second-order valence-electron chi connectivity index (χ2n) is 7.70. The van der Waals surface area contributed by atoms with Crippen LogP contribution in [0.15, 0.2) is 24.3 Å². The van der Waals surface area contributed by atoms with Crippen LogP contribution < -0.4 is 0 Å². The molecule has 0 spiro atoms. The van der Waals surface area contributed by atoms with Gasteiger partial charge in [0.15, 0.2) is 0 Å². The third-order valence-corrected chi connectivity index (χ3v) is 2.77. The molecule has 21 heavy (non-hydrogen) atoms. The molecule has 0 aliphatic heterocycles. The molecule has 2 nitrogen and oxygen atoms in total. The van der Waals surface area contributed by atoms with E-state index < -0.39 is 5.60 Å². The minimum absolute atomic E-state index is 0.241. The summed E-state index contributed by atoms with van der Waals surface area (Å²) in [5.41, 5.74) is -0.103. The molecule has 122 valence electrons. The van der Waals surface area contributed by atoms with E-state index in [9.17, 15) is 4.79 Å². The number of hydrogen-bond acceptors (Lipinski definition) is 2. The Balaban J connectivity index is 3.52. The van der Waals surface area contributed by atoms with Gasteiger partial charge >= 0.3 is 5.97 Å². The maximum atomic E-state index is 11.4. The van der Waals surface area contributed by atoms with Gasteiger partial charge in [0.1, 0.15) is 5.60 Å². The molecular weight excluding hydrogens is 260 g/mol. The van der Waals surface area contributed by atoms with Gasteiger partial charge in [-0.3, -0.25) is 0 Å². The lowest BCUT2D eigenvalue weighted by atomic mass is 9.95. The van der Waals surface area contributed by atoms with Gasteiger partial charge < -0.3 is 4.74 Å². The highest BCUT2D eigenvalue weighted by atomic mass is 16.6. The van der Waals surface area contributed by atoms with Gasteiger partial charge in [0.25, 0.3) is 0 Å². The zero-order valence-electron chi connectivity index (χ0n) is 14.9. The summed E-state index contributed by atoms with van der Waals surface area (Å²) in [5.74, 6) is -0.241. The van der Waals surface area contributed by atoms with E-state index in [1.165, 1.54) is 25.7 Å². The minimum Gasteiger partial charge on any atom is -0.457 e. The van der Waals surface area contributed by atoms with Crippen LogP contribution in [0.1, 0.15) is 80.1 Å². The van der Waals surface area contributed by atoms with E-state index >= 15 is 0 Å². The Bertz CT molecular complexity index is 338. The average molecular weight is 294 g/mol. The summed E-state index contributed by atoms with van der Waals surface area (Å²) in [4.78, 5) is 11.4. The zero-order chi connectivity index (χ0) is 16.4. The van der Waals surface area contributed by atoms with Crippen LogP contribution in [0.25, 0.3) is 0 Å². The number of rotatable bonds is 8. The van der Waals surface area contributed by atoms with Crippen molar-refractivity contribution in [1.82, 2.24) is 0 Å². The van der Waals surface area contributed by atoms with Crippen molar-refractivity contribution in [3.63, 3.8) is 0 Å². The lowest BCUT2D eigenvalue weighted by Crippen LogP contribution is -2.22. The first kappa shape index (κ1) is 19.9. The summed E-state index contributed by atoms with van der Waals surface area (Å²) < 4.78 is 5.20. The number of unbranched alkanes of at least 4 members (excludes halogenated alkanes) is 5. The Hall–Kier alpha value is -1.05. The SMILES string of the molecule is CC(C)(C)/C=C/CCCCCC/C=C/C(=O)OC(C)(C)C. The predicted molar refractivity (Wildman–Crippen MR) is 91.3 cm³/mol. The number of carbonyl (C=O) groups excluding carboxylic acids is 1. The summed E-state index contributed by atoms with van der Waals surface area (Å²) in [5, 5.41) is 0. The van der Waals surface area contributed by atoms with Gasteiger partial charge in [-0.1, -0.05) is 51.8 Å². The average Bonchev–Trinajstić information content (AvgIpc) is 2.27. The van der Waals surface area contributed by atoms with Crippen LogP contribution in [-0.4, -0.2) is 11.6 Å². The van der Waals surface area contributed by atoms with Crippen LogP contribution in [0.5, 0.6) is 0 Å². The Morgan fingerprint density at radius 2 is 1.38 bits per heavy atom. The monoisotopic (exact) mass is 294 g/mol. The van der Waals surface area contributed by atoms with Gasteiger partial charge in [0, 0.05) is 6.08 Å². The van der Waals surface area contributed by atoms with Crippen molar-refractivity contribution in [2.75, 3.05) is 0 Å². The molecule has 0 radical (unpaired) electrons. The molecule has 0 aromatic rings.